The summed E-state index contributed by atoms with van der Waals surface area (Å²) in [5.41, 5.74) is 4.05. The number of nitrogens with one attached hydrogen (secondary N) is 3. The zero-order valence-electron chi connectivity index (χ0n) is 14.1. The maximum Gasteiger partial charge on any atom is 0.229 e. The Labute approximate surface area is 155 Å². The topological polar surface area (TPSA) is 61.9 Å². The van der Waals surface area contributed by atoms with E-state index in [0.717, 1.165) is 12.1 Å². The van der Waals surface area contributed by atoms with Crippen molar-refractivity contribution in [3.8, 4) is 0 Å². The lowest BCUT2D eigenvalue weighted by atomic mass is 10.1. The second-order valence-electron chi connectivity index (χ2n) is 6.27. The molecule has 3 aromatic rings. The van der Waals surface area contributed by atoms with Gasteiger partial charge in [0.1, 0.15) is 11.6 Å². The molecule has 1 aliphatic heterocycles. The lowest BCUT2D eigenvalue weighted by Gasteiger charge is -2.10. The Kier molecular flexibility index (Phi) is 4.34. The van der Waals surface area contributed by atoms with Crippen LogP contribution in [0.3, 0.4) is 0 Å². The first-order valence-corrected chi connectivity index (χ1v) is 8.66. The summed E-state index contributed by atoms with van der Waals surface area (Å²) in [5, 5.41) is 9.79. The first kappa shape index (κ1) is 16.6. The number of benzene rings is 2. The maximum atomic E-state index is 13.3. The zero-order chi connectivity index (χ0) is 18.1. The number of aromatic nitrogens is 2. The van der Waals surface area contributed by atoms with Gasteiger partial charge in [0.2, 0.25) is 5.95 Å². The van der Waals surface area contributed by atoms with Gasteiger partial charge >= 0.3 is 0 Å². The number of hydrogen-bond donors (Lipinski definition) is 3. The molecule has 26 heavy (non-hydrogen) atoms. The van der Waals surface area contributed by atoms with Crippen molar-refractivity contribution in [2.45, 2.75) is 19.4 Å². The van der Waals surface area contributed by atoms with E-state index in [1.165, 1.54) is 23.4 Å². The van der Waals surface area contributed by atoms with E-state index in [1.807, 2.05) is 6.07 Å². The van der Waals surface area contributed by atoms with Gasteiger partial charge in [-0.2, -0.15) is 4.98 Å². The molecule has 0 fully saturated rings. The predicted octanol–water partition coefficient (Wildman–Crippen LogP) is 5.11. The number of rotatable bonds is 4. The molecule has 1 atom stereocenters. The molecule has 132 valence electrons. The van der Waals surface area contributed by atoms with Gasteiger partial charge in [-0.3, -0.25) is 0 Å². The second kappa shape index (κ2) is 6.80. The van der Waals surface area contributed by atoms with Crippen LogP contribution in [-0.4, -0.2) is 16.0 Å². The van der Waals surface area contributed by atoms with Crippen LogP contribution in [0.1, 0.15) is 12.5 Å². The molecule has 1 aliphatic rings. The fourth-order valence-electron chi connectivity index (χ4n) is 2.97. The predicted molar refractivity (Wildman–Crippen MR) is 103 cm³/mol. The fraction of sp³-hybridized carbons (Fsp3) is 0.158. The van der Waals surface area contributed by atoms with Crippen LogP contribution in [0.15, 0.2) is 48.7 Å². The summed E-state index contributed by atoms with van der Waals surface area (Å²) in [6, 6.07) is 12.8. The van der Waals surface area contributed by atoms with Crippen molar-refractivity contribution in [3.05, 3.63) is 65.1 Å². The van der Waals surface area contributed by atoms with Gasteiger partial charge < -0.3 is 16.0 Å². The van der Waals surface area contributed by atoms with Gasteiger partial charge in [-0.05, 0) is 61.4 Å². The van der Waals surface area contributed by atoms with Crippen molar-refractivity contribution in [2.24, 2.45) is 0 Å². The fourth-order valence-corrected chi connectivity index (χ4v) is 3.15. The molecule has 0 radical (unpaired) electrons. The third kappa shape index (κ3) is 3.55. The van der Waals surface area contributed by atoms with Crippen molar-refractivity contribution < 1.29 is 4.39 Å². The molecule has 0 bridgehead atoms. The summed E-state index contributed by atoms with van der Waals surface area (Å²) in [6.45, 7) is 2.16. The number of halogens is 2. The van der Waals surface area contributed by atoms with Gasteiger partial charge in [0.05, 0.1) is 5.02 Å². The van der Waals surface area contributed by atoms with Gasteiger partial charge in [-0.1, -0.05) is 11.6 Å². The number of hydrogen-bond acceptors (Lipinski definition) is 5. The third-order valence-electron chi connectivity index (χ3n) is 4.14. The highest BCUT2D eigenvalue weighted by molar-refractivity contribution is 6.31. The highest BCUT2D eigenvalue weighted by atomic mass is 35.5. The first-order chi connectivity index (χ1) is 12.6. The Morgan fingerprint density at radius 1 is 1.12 bits per heavy atom. The summed E-state index contributed by atoms with van der Waals surface area (Å²) in [5.74, 6) is 0.595. The second-order valence-corrected chi connectivity index (χ2v) is 6.67. The Morgan fingerprint density at radius 2 is 1.92 bits per heavy atom. The normalized spacial score (nSPS) is 15.3. The first-order valence-electron chi connectivity index (χ1n) is 8.28. The Morgan fingerprint density at radius 3 is 2.77 bits per heavy atom. The van der Waals surface area contributed by atoms with E-state index in [0.29, 0.717) is 23.5 Å². The third-order valence-corrected chi connectivity index (χ3v) is 4.43. The van der Waals surface area contributed by atoms with Crippen LogP contribution >= 0.6 is 11.6 Å². The summed E-state index contributed by atoms with van der Waals surface area (Å²) in [6.07, 6.45) is 2.66. The van der Waals surface area contributed by atoms with Gasteiger partial charge in [0.25, 0.3) is 0 Å². The molecule has 7 heteroatoms. The molecule has 4 rings (SSSR count). The molecule has 0 saturated heterocycles. The molecular weight excluding hydrogens is 353 g/mol. The molecule has 3 N–H and O–H groups in total. The summed E-state index contributed by atoms with van der Waals surface area (Å²) >= 11 is 5.80. The molecule has 0 amide bonds. The lowest BCUT2D eigenvalue weighted by Crippen LogP contribution is -2.08. The number of anilines is 5. The minimum Gasteiger partial charge on any atom is -0.382 e. The molecule has 2 aromatic carbocycles. The number of nitrogens with zero attached hydrogens (tertiary/aromatic N) is 2. The minimum absolute atomic E-state index is 0.0465. The summed E-state index contributed by atoms with van der Waals surface area (Å²) < 4.78 is 13.3. The molecule has 0 saturated carbocycles. The van der Waals surface area contributed by atoms with E-state index >= 15 is 0 Å². The number of fused-ring (bicyclic) bond motifs is 1. The highest BCUT2D eigenvalue weighted by Gasteiger charge is 2.16. The van der Waals surface area contributed by atoms with Crippen molar-refractivity contribution in [2.75, 3.05) is 16.0 Å². The monoisotopic (exact) mass is 369 g/mol. The van der Waals surface area contributed by atoms with E-state index in [1.54, 1.807) is 18.3 Å². The molecular formula is C19H17ClFN5. The van der Waals surface area contributed by atoms with Crippen LogP contribution in [0.2, 0.25) is 5.02 Å². The standard InChI is InChI=1S/C19H17ClFN5/c1-11-8-12-9-13(3-5-17(12)23-11)24-18-6-7-22-19(26-18)25-14-2-4-16(21)15(20)10-14/h2-7,9-11,23H,8H2,1H3,(H2,22,24,25,26). The largest absolute Gasteiger partial charge is 0.382 e. The molecule has 1 unspecified atom stereocenters. The molecule has 0 spiro atoms. The van der Waals surface area contributed by atoms with Crippen LogP contribution in [0.5, 0.6) is 0 Å². The SMILES string of the molecule is CC1Cc2cc(Nc3ccnc(Nc4ccc(F)c(Cl)c4)n3)ccc2N1. The smallest absolute Gasteiger partial charge is 0.229 e. The van der Waals surface area contributed by atoms with Crippen molar-refractivity contribution in [3.63, 3.8) is 0 Å². The Hall–Kier alpha value is -2.86. The van der Waals surface area contributed by atoms with E-state index < -0.39 is 5.82 Å². The van der Waals surface area contributed by atoms with Crippen LogP contribution in [0.4, 0.5) is 33.2 Å². The van der Waals surface area contributed by atoms with Gasteiger partial charge in [0, 0.05) is 29.3 Å². The van der Waals surface area contributed by atoms with E-state index in [4.69, 9.17) is 11.6 Å². The molecule has 5 nitrogen and oxygen atoms in total. The average molecular weight is 370 g/mol. The summed E-state index contributed by atoms with van der Waals surface area (Å²) in [7, 11) is 0. The Balaban J connectivity index is 1.51. The van der Waals surface area contributed by atoms with Gasteiger partial charge in [-0.15, -0.1) is 0 Å². The van der Waals surface area contributed by atoms with E-state index in [-0.39, 0.29) is 5.02 Å². The van der Waals surface area contributed by atoms with Gasteiger partial charge in [-0.25, -0.2) is 9.37 Å². The minimum atomic E-state index is -0.464. The van der Waals surface area contributed by atoms with Gasteiger partial charge in [0.15, 0.2) is 0 Å². The van der Waals surface area contributed by atoms with Crippen LogP contribution in [0, 0.1) is 5.82 Å². The van der Waals surface area contributed by atoms with Crippen LogP contribution in [-0.2, 0) is 6.42 Å². The van der Waals surface area contributed by atoms with Crippen molar-refractivity contribution >= 4 is 40.4 Å². The molecule has 2 heterocycles. The van der Waals surface area contributed by atoms with Crippen molar-refractivity contribution in [1.82, 2.24) is 9.97 Å². The molecule has 0 aliphatic carbocycles. The Bertz CT molecular complexity index is 962. The van der Waals surface area contributed by atoms with E-state index in [9.17, 15) is 4.39 Å². The van der Waals surface area contributed by atoms with Crippen molar-refractivity contribution in [1.29, 1.82) is 0 Å². The highest BCUT2D eigenvalue weighted by Crippen LogP contribution is 2.29. The zero-order valence-corrected chi connectivity index (χ0v) is 14.8. The maximum absolute atomic E-state index is 13.3. The quantitative estimate of drug-likeness (QED) is 0.596. The van der Waals surface area contributed by atoms with Crippen LogP contribution in [0.25, 0.3) is 0 Å². The van der Waals surface area contributed by atoms with E-state index in [2.05, 4.69) is 45.0 Å². The summed E-state index contributed by atoms with van der Waals surface area (Å²) in [4.78, 5) is 8.63. The average Bonchev–Trinajstić information content (AvgIpc) is 2.98. The lowest BCUT2D eigenvalue weighted by molar-refractivity contribution is 0.628. The molecule has 1 aromatic heterocycles. The van der Waals surface area contributed by atoms with Crippen LogP contribution < -0.4 is 16.0 Å².